The van der Waals surface area contributed by atoms with E-state index in [-0.39, 0.29) is 25.0 Å². The van der Waals surface area contributed by atoms with Crippen LogP contribution in [-0.4, -0.2) is 35.9 Å². The maximum absolute atomic E-state index is 13.2. The van der Waals surface area contributed by atoms with Crippen LogP contribution in [0.1, 0.15) is 37.8 Å². The van der Waals surface area contributed by atoms with Crippen LogP contribution in [0.5, 0.6) is 5.75 Å². The number of nitrogens with one attached hydrogen (secondary N) is 1. The molecular formula is C23H27Cl3N2O3. The van der Waals surface area contributed by atoms with Gasteiger partial charge in [-0.15, -0.1) is 0 Å². The fourth-order valence-corrected chi connectivity index (χ4v) is 3.71. The first-order valence-corrected chi connectivity index (χ1v) is 11.3. The SMILES string of the molecule is CCCNC(=O)[C@@H](CC)N(Cc1c(Cl)cccc1Cl)C(=O)COc1ccc(Cl)c(C)c1. The van der Waals surface area contributed by atoms with Crippen LogP contribution in [0.25, 0.3) is 0 Å². The molecule has 1 N–H and O–H groups in total. The van der Waals surface area contributed by atoms with Crippen molar-refractivity contribution in [3.8, 4) is 5.75 Å². The van der Waals surface area contributed by atoms with Gasteiger partial charge in [-0.2, -0.15) is 0 Å². The lowest BCUT2D eigenvalue weighted by Crippen LogP contribution is -2.50. The summed E-state index contributed by atoms with van der Waals surface area (Å²) < 4.78 is 5.69. The maximum atomic E-state index is 13.2. The van der Waals surface area contributed by atoms with Crippen molar-refractivity contribution in [3.05, 3.63) is 62.6 Å². The number of carbonyl (C=O) groups is 2. The van der Waals surface area contributed by atoms with Crippen LogP contribution in [-0.2, 0) is 16.1 Å². The summed E-state index contributed by atoms with van der Waals surface area (Å²) in [5.74, 6) is -0.0419. The largest absolute Gasteiger partial charge is 0.484 e. The molecule has 0 bridgehead atoms. The van der Waals surface area contributed by atoms with Crippen molar-refractivity contribution in [3.63, 3.8) is 0 Å². The van der Waals surface area contributed by atoms with Gasteiger partial charge in [-0.1, -0.05) is 54.7 Å². The number of rotatable bonds is 10. The number of hydrogen-bond acceptors (Lipinski definition) is 3. The van der Waals surface area contributed by atoms with E-state index < -0.39 is 6.04 Å². The van der Waals surface area contributed by atoms with Crippen molar-refractivity contribution in [1.82, 2.24) is 10.2 Å². The van der Waals surface area contributed by atoms with Crippen LogP contribution in [0.2, 0.25) is 15.1 Å². The second kappa shape index (κ2) is 12.2. The predicted molar refractivity (Wildman–Crippen MR) is 126 cm³/mol. The monoisotopic (exact) mass is 484 g/mol. The fraction of sp³-hybridized carbons (Fsp3) is 0.391. The smallest absolute Gasteiger partial charge is 0.261 e. The number of ether oxygens (including phenoxy) is 1. The van der Waals surface area contributed by atoms with Crippen molar-refractivity contribution < 1.29 is 14.3 Å². The predicted octanol–water partition coefficient (Wildman–Crippen LogP) is 5.67. The second-order valence-electron chi connectivity index (χ2n) is 7.14. The molecule has 0 spiro atoms. The van der Waals surface area contributed by atoms with E-state index >= 15 is 0 Å². The summed E-state index contributed by atoms with van der Waals surface area (Å²) in [5.41, 5.74) is 1.43. The Morgan fingerprint density at radius 1 is 1.06 bits per heavy atom. The third-order valence-corrected chi connectivity index (χ3v) is 5.95. The van der Waals surface area contributed by atoms with E-state index in [0.29, 0.717) is 39.3 Å². The molecule has 0 saturated heterocycles. The van der Waals surface area contributed by atoms with Gasteiger partial charge in [0.25, 0.3) is 5.91 Å². The van der Waals surface area contributed by atoms with Gasteiger partial charge in [0, 0.05) is 33.7 Å². The zero-order chi connectivity index (χ0) is 23.0. The summed E-state index contributed by atoms with van der Waals surface area (Å²) in [6.45, 7) is 6.07. The number of halogens is 3. The number of amides is 2. The Balaban J connectivity index is 2.27. The standard InChI is InChI=1S/C23H27Cl3N2O3/c1-4-11-27-23(30)21(5-2)28(13-17-19(25)7-6-8-20(17)26)22(29)14-31-16-9-10-18(24)15(3)12-16/h6-10,12,21H,4-5,11,13-14H2,1-3H3,(H,27,30)/t21-/m1/s1. The lowest BCUT2D eigenvalue weighted by Gasteiger charge is -2.31. The van der Waals surface area contributed by atoms with Crippen molar-refractivity contribution >= 4 is 46.6 Å². The summed E-state index contributed by atoms with van der Waals surface area (Å²) >= 11 is 18.7. The van der Waals surface area contributed by atoms with Crippen LogP contribution >= 0.6 is 34.8 Å². The average Bonchev–Trinajstić information content (AvgIpc) is 2.74. The molecule has 0 fully saturated rings. The Morgan fingerprint density at radius 3 is 2.32 bits per heavy atom. The van der Waals surface area contributed by atoms with Gasteiger partial charge in [0.05, 0.1) is 0 Å². The van der Waals surface area contributed by atoms with E-state index in [4.69, 9.17) is 39.5 Å². The molecule has 0 aliphatic carbocycles. The molecule has 0 saturated carbocycles. The van der Waals surface area contributed by atoms with Crippen LogP contribution in [0.4, 0.5) is 0 Å². The average molecular weight is 486 g/mol. The zero-order valence-electron chi connectivity index (χ0n) is 17.9. The van der Waals surface area contributed by atoms with Gasteiger partial charge in [-0.05, 0) is 55.7 Å². The molecule has 0 unspecified atom stereocenters. The van der Waals surface area contributed by atoms with Gasteiger partial charge >= 0.3 is 0 Å². The van der Waals surface area contributed by atoms with Crippen LogP contribution < -0.4 is 10.1 Å². The highest BCUT2D eigenvalue weighted by Gasteiger charge is 2.29. The molecule has 1 atom stereocenters. The van der Waals surface area contributed by atoms with E-state index in [2.05, 4.69) is 5.32 Å². The molecule has 168 valence electrons. The minimum Gasteiger partial charge on any atom is -0.484 e. The molecule has 2 rings (SSSR count). The molecule has 8 heteroatoms. The third-order valence-electron chi connectivity index (χ3n) is 4.82. The summed E-state index contributed by atoms with van der Waals surface area (Å²) in [7, 11) is 0. The number of hydrogen-bond donors (Lipinski definition) is 1. The highest BCUT2D eigenvalue weighted by Crippen LogP contribution is 2.27. The van der Waals surface area contributed by atoms with E-state index in [9.17, 15) is 9.59 Å². The van der Waals surface area contributed by atoms with Gasteiger partial charge in [-0.3, -0.25) is 9.59 Å². The minimum absolute atomic E-state index is 0.0956. The molecule has 0 aliphatic rings. The van der Waals surface area contributed by atoms with Crippen molar-refractivity contribution in [1.29, 1.82) is 0 Å². The highest BCUT2D eigenvalue weighted by atomic mass is 35.5. The van der Waals surface area contributed by atoms with Gasteiger partial charge in [0.1, 0.15) is 11.8 Å². The lowest BCUT2D eigenvalue weighted by molar-refractivity contribution is -0.143. The molecule has 2 amide bonds. The molecule has 0 heterocycles. The Labute approximate surface area is 198 Å². The van der Waals surface area contributed by atoms with Crippen LogP contribution in [0, 0.1) is 6.92 Å². The van der Waals surface area contributed by atoms with Gasteiger partial charge < -0.3 is 15.0 Å². The number of aryl methyl sites for hydroxylation is 1. The first-order valence-electron chi connectivity index (χ1n) is 10.2. The summed E-state index contributed by atoms with van der Waals surface area (Å²) in [4.78, 5) is 27.4. The fourth-order valence-electron chi connectivity index (χ4n) is 3.07. The number of nitrogens with zero attached hydrogens (tertiary/aromatic N) is 1. The van der Waals surface area contributed by atoms with E-state index in [1.807, 2.05) is 20.8 Å². The highest BCUT2D eigenvalue weighted by molar-refractivity contribution is 6.36. The molecule has 0 aromatic heterocycles. The Bertz CT molecular complexity index is 901. The van der Waals surface area contributed by atoms with Crippen molar-refractivity contribution in [2.24, 2.45) is 0 Å². The van der Waals surface area contributed by atoms with Crippen molar-refractivity contribution in [2.75, 3.05) is 13.2 Å². The van der Waals surface area contributed by atoms with Crippen LogP contribution in [0.3, 0.4) is 0 Å². The van der Waals surface area contributed by atoms with E-state index in [0.717, 1.165) is 12.0 Å². The second-order valence-corrected chi connectivity index (χ2v) is 8.36. The molecular weight excluding hydrogens is 459 g/mol. The quantitative estimate of drug-likeness (QED) is 0.472. The molecule has 0 aliphatic heterocycles. The Morgan fingerprint density at radius 2 is 1.74 bits per heavy atom. The third kappa shape index (κ3) is 7.03. The molecule has 2 aromatic rings. The number of carbonyl (C=O) groups excluding carboxylic acids is 2. The van der Waals surface area contributed by atoms with Crippen molar-refractivity contribution in [2.45, 2.75) is 46.2 Å². The van der Waals surface area contributed by atoms with Gasteiger partial charge in [0.2, 0.25) is 5.91 Å². The topological polar surface area (TPSA) is 58.6 Å². The summed E-state index contributed by atoms with van der Waals surface area (Å²) in [6.07, 6.45) is 1.23. The molecule has 5 nitrogen and oxygen atoms in total. The van der Waals surface area contributed by atoms with E-state index in [1.165, 1.54) is 4.90 Å². The first kappa shape index (κ1) is 25.3. The lowest BCUT2D eigenvalue weighted by atomic mass is 10.1. The molecule has 2 aromatic carbocycles. The Hall–Kier alpha value is -1.95. The molecule has 0 radical (unpaired) electrons. The van der Waals surface area contributed by atoms with Gasteiger partial charge in [0.15, 0.2) is 6.61 Å². The van der Waals surface area contributed by atoms with E-state index in [1.54, 1.807) is 36.4 Å². The number of benzene rings is 2. The zero-order valence-corrected chi connectivity index (χ0v) is 20.2. The first-order chi connectivity index (χ1) is 14.8. The molecule has 31 heavy (non-hydrogen) atoms. The normalized spacial score (nSPS) is 11.7. The maximum Gasteiger partial charge on any atom is 0.261 e. The Kier molecular flexibility index (Phi) is 9.94. The summed E-state index contributed by atoms with van der Waals surface area (Å²) in [6, 6.07) is 9.64. The summed E-state index contributed by atoms with van der Waals surface area (Å²) in [5, 5.41) is 4.35. The van der Waals surface area contributed by atoms with Crippen LogP contribution in [0.15, 0.2) is 36.4 Å². The minimum atomic E-state index is -0.679. The van der Waals surface area contributed by atoms with Gasteiger partial charge in [-0.25, -0.2) is 0 Å².